The van der Waals surface area contributed by atoms with Gasteiger partial charge < -0.3 is 0 Å². The molecule has 0 aliphatic carbocycles. The molecule has 0 bridgehead atoms. The molecule has 0 fully saturated rings. The fourth-order valence-electron chi connectivity index (χ4n) is 0.349. The first-order valence-corrected chi connectivity index (χ1v) is 4.28. The molecule has 0 spiro atoms. The summed E-state index contributed by atoms with van der Waals surface area (Å²) in [6.45, 7) is 2.02. The number of alkyl halides is 1. The fraction of sp³-hybridized carbons (Fsp3) is 0.429. The van der Waals surface area contributed by atoms with Crippen LogP contribution in [0.15, 0.2) is 24.3 Å². The van der Waals surface area contributed by atoms with Gasteiger partial charge in [0.25, 0.3) is 0 Å². The quantitative estimate of drug-likeness (QED) is 0.391. The molecule has 0 aliphatic rings. The Balaban J connectivity index is 3.07. The van der Waals surface area contributed by atoms with E-state index < -0.39 is 0 Å². The van der Waals surface area contributed by atoms with Crippen LogP contribution in [0.2, 0.25) is 0 Å². The van der Waals surface area contributed by atoms with Gasteiger partial charge in [-0.1, -0.05) is 46.9 Å². The lowest BCUT2D eigenvalue weighted by molar-refractivity contribution is 1.28. The Morgan fingerprint density at radius 2 is 2.12 bits per heavy atom. The number of halogens is 1. The lowest BCUT2D eigenvalue weighted by Gasteiger charge is -1.77. The van der Waals surface area contributed by atoms with Gasteiger partial charge in [-0.05, 0) is 13.3 Å². The second kappa shape index (κ2) is 7.21. The first-order valence-electron chi connectivity index (χ1n) is 2.75. The summed E-state index contributed by atoms with van der Waals surface area (Å²) in [4.78, 5) is 0. The summed E-state index contributed by atoms with van der Waals surface area (Å²) in [5.41, 5.74) is 0. The van der Waals surface area contributed by atoms with Gasteiger partial charge in [0.05, 0.1) is 0 Å². The minimum Gasteiger partial charge on any atom is -0.0877 e. The third-order valence-electron chi connectivity index (χ3n) is 0.715. The van der Waals surface area contributed by atoms with E-state index in [1.54, 1.807) is 0 Å². The van der Waals surface area contributed by atoms with Gasteiger partial charge in [-0.2, -0.15) is 0 Å². The van der Waals surface area contributed by atoms with Gasteiger partial charge in [-0.15, -0.1) is 0 Å². The molecule has 0 amide bonds. The molecule has 0 nitrogen and oxygen atoms in total. The van der Waals surface area contributed by atoms with Gasteiger partial charge in [0.2, 0.25) is 0 Å². The van der Waals surface area contributed by atoms with Crippen LogP contribution in [-0.4, -0.2) is 4.43 Å². The summed E-state index contributed by atoms with van der Waals surface area (Å²) < 4.78 is 1.21. The molecule has 0 saturated heterocycles. The number of rotatable bonds is 3. The maximum absolute atomic E-state index is 2.36. The van der Waals surface area contributed by atoms with E-state index in [1.165, 1.54) is 10.8 Å². The third kappa shape index (κ3) is 6.21. The van der Waals surface area contributed by atoms with E-state index in [2.05, 4.69) is 34.7 Å². The minimum atomic E-state index is 1.19. The van der Waals surface area contributed by atoms with Crippen molar-refractivity contribution in [1.82, 2.24) is 0 Å². The van der Waals surface area contributed by atoms with E-state index in [-0.39, 0.29) is 0 Å². The number of hydrogen-bond donors (Lipinski definition) is 0. The van der Waals surface area contributed by atoms with Crippen LogP contribution in [0.25, 0.3) is 0 Å². The molecule has 8 heavy (non-hydrogen) atoms. The van der Waals surface area contributed by atoms with Crippen molar-refractivity contribution in [1.29, 1.82) is 0 Å². The molecule has 0 N–H and O–H groups in total. The summed E-state index contributed by atoms with van der Waals surface area (Å²) in [5, 5.41) is 0. The van der Waals surface area contributed by atoms with Gasteiger partial charge >= 0.3 is 0 Å². The van der Waals surface area contributed by atoms with Crippen LogP contribution < -0.4 is 0 Å². The summed E-state index contributed by atoms with van der Waals surface area (Å²) >= 11 is 2.36. The number of hydrogen-bond acceptors (Lipinski definition) is 0. The lowest BCUT2D eigenvalue weighted by atomic mass is 10.4. The average Bonchev–Trinajstić information content (AvgIpc) is 1.81. The van der Waals surface area contributed by atoms with E-state index in [1.807, 2.05) is 19.1 Å². The van der Waals surface area contributed by atoms with E-state index in [4.69, 9.17) is 0 Å². The Morgan fingerprint density at radius 1 is 1.38 bits per heavy atom. The van der Waals surface area contributed by atoms with Gasteiger partial charge in [-0.3, -0.25) is 0 Å². The van der Waals surface area contributed by atoms with Gasteiger partial charge in [-0.25, -0.2) is 0 Å². The summed E-state index contributed by atoms with van der Waals surface area (Å²) in [5.74, 6) is 0. The highest BCUT2D eigenvalue weighted by Gasteiger charge is 1.68. The standard InChI is InChI=1S/C7H11I/c1-2-3-4-5-6-7-8/h2-5H,6-7H2,1H3/b3-2-,5-4+. The topological polar surface area (TPSA) is 0 Å². The molecule has 0 aromatic heterocycles. The molecule has 0 saturated carbocycles. The second-order valence-electron chi connectivity index (χ2n) is 1.43. The SMILES string of the molecule is C/C=C\C=C\CCI. The van der Waals surface area contributed by atoms with Crippen molar-refractivity contribution >= 4 is 22.6 Å². The molecule has 0 rings (SSSR count). The Hall–Kier alpha value is 0.210. The third-order valence-corrected chi connectivity index (χ3v) is 1.34. The van der Waals surface area contributed by atoms with E-state index in [9.17, 15) is 0 Å². The zero-order valence-electron chi connectivity index (χ0n) is 5.10. The van der Waals surface area contributed by atoms with Crippen molar-refractivity contribution in [3.63, 3.8) is 0 Å². The first kappa shape index (κ1) is 8.21. The highest BCUT2D eigenvalue weighted by molar-refractivity contribution is 14.1. The van der Waals surface area contributed by atoms with E-state index in [0.717, 1.165) is 0 Å². The molecular weight excluding hydrogens is 211 g/mol. The normalized spacial score (nSPS) is 11.8. The molecular formula is C7H11I. The zero-order valence-corrected chi connectivity index (χ0v) is 7.26. The van der Waals surface area contributed by atoms with Crippen LogP contribution in [0.1, 0.15) is 13.3 Å². The highest BCUT2D eigenvalue weighted by atomic mass is 127. The van der Waals surface area contributed by atoms with Crippen molar-refractivity contribution in [2.45, 2.75) is 13.3 Å². The molecule has 0 atom stereocenters. The Morgan fingerprint density at radius 3 is 2.62 bits per heavy atom. The summed E-state index contributed by atoms with van der Waals surface area (Å²) in [6.07, 6.45) is 9.52. The highest BCUT2D eigenvalue weighted by Crippen LogP contribution is 1.89. The Kier molecular flexibility index (Phi) is 7.40. The Bertz CT molecular complexity index is 82.4. The molecule has 0 aliphatic heterocycles. The molecule has 0 heterocycles. The van der Waals surface area contributed by atoms with E-state index >= 15 is 0 Å². The van der Waals surface area contributed by atoms with Gasteiger partial charge in [0, 0.05) is 4.43 Å². The predicted molar refractivity (Wildman–Crippen MR) is 47.5 cm³/mol. The molecule has 0 radical (unpaired) electrons. The second-order valence-corrected chi connectivity index (χ2v) is 2.51. The molecule has 0 unspecified atom stereocenters. The largest absolute Gasteiger partial charge is 0.0877 e. The number of allylic oxidation sites excluding steroid dienone is 4. The molecule has 0 aromatic carbocycles. The maximum atomic E-state index is 2.36. The minimum absolute atomic E-state index is 1.19. The first-order chi connectivity index (χ1) is 3.91. The molecule has 46 valence electrons. The fourth-order valence-corrected chi connectivity index (χ4v) is 0.708. The smallest absolute Gasteiger partial charge is 0.00300 e. The zero-order chi connectivity index (χ0) is 6.24. The Labute approximate surface area is 64.8 Å². The van der Waals surface area contributed by atoms with Crippen molar-refractivity contribution in [3.8, 4) is 0 Å². The van der Waals surface area contributed by atoms with E-state index in [0.29, 0.717) is 0 Å². The van der Waals surface area contributed by atoms with Crippen LogP contribution in [-0.2, 0) is 0 Å². The van der Waals surface area contributed by atoms with Crippen LogP contribution >= 0.6 is 22.6 Å². The van der Waals surface area contributed by atoms with Crippen molar-refractivity contribution in [2.24, 2.45) is 0 Å². The van der Waals surface area contributed by atoms with Crippen molar-refractivity contribution in [3.05, 3.63) is 24.3 Å². The van der Waals surface area contributed by atoms with Crippen LogP contribution in [0.4, 0.5) is 0 Å². The monoisotopic (exact) mass is 222 g/mol. The van der Waals surface area contributed by atoms with Gasteiger partial charge in [0.1, 0.15) is 0 Å². The maximum Gasteiger partial charge on any atom is 0.00300 e. The van der Waals surface area contributed by atoms with Crippen LogP contribution in [0.5, 0.6) is 0 Å². The molecule has 1 heteroatoms. The van der Waals surface area contributed by atoms with Gasteiger partial charge in [0.15, 0.2) is 0 Å². The van der Waals surface area contributed by atoms with Crippen molar-refractivity contribution in [2.75, 3.05) is 4.43 Å². The summed E-state index contributed by atoms with van der Waals surface area (Å²) in [7, 11) is 0. The predicted octanol–water partition coefficient (Wildman–Crippen LogP) is 2.94. The molecule has 0 aromatic rings. The van der Waals surface area contributed by atoms with Crippen LogP contribution in [0, 0.1) is 0 Å². The summed E-state index contributed by atoms with van der Waals surface area (Å²) in [6, 6.07) is 0. The van der Waals surface area contributed by atoms with Crippen molar-refractivity contribution < 1.29 is 0 Å². The lowest BCUT2D eigenvalue weighted by Crippen LogP contribution is -1.62. The van der Waals surface area contributed by atoms with Crippen LogP contribution in [0.3, 0.4) is 0 Å². The average molecular weight is 222 g/mol.